The first kappa shape index (κ1) is 13.8. The second kappa shape index (κ2) is 4.66. The molecule has 1 aliphatic rings. The van der Waals surface area contributed by atoms with Crippen molar-refractivity contribution in [3.63, 3.8) is 0 Å². The van der Waals surface area contributed by atoms with Gasteiger partial charge < -0.3 is 24.4 Å². The van der Waals surface area contributed by atoms with E-state index in [1.807, 2.05) is 11.9 Å². The number of phenols is 1. The largest absolute Gasteiger partial charge is 0.506 e. The average Bonchev–Trinajstić information content (AvgIpc) is 2.97. The quantitative estimate of drug-likeness (QED) is 0.813. The Bertz CT molecular complexity index is 735. The fourth-order valence-corrected chi connectivity index (χ4v) is 3.27. The Labute approximate surface area is 122 Å². The van der Waals surface area contributed by atoms with E-state index >= 15 is 0 Å². The third kappa shape index (κ3) is 1.79. The SMILES string of the molecule is COC(=O)c1cn(C)c2c(O)cc3c(c12)C(CO)CN3C. The lowest BCUT2D eigenvalue weighted by Gasteiger charge is -2.13. The predicted octanol–water partition coefficient (Wildman–Crippen LogP) is 1.20. The van der Waals surface area contributed by atoms with Crippen molar-refractivity contribution in [3.05, 3.63) is 23.4 Å². The number of fused-ring (bicyclic) bond motifs is 3. The van der Waals surface area contributed by atoms with Crippen LogP contribution in [0.2, 0.25) is 0 Å². The minimum atomic E-state index is -0.445. The van der Waals surface area contributed by atoms with Gasteiger partial charge in [0.15, 0.2) is 0 Å². The van der Waals surface area contributed by atoms with Crippen LogP contribution < -0.4 is 4.90 Å². The highest BCUT2D eigenvalue weighted by Gasteiger charge is 2.32. The van der Waals surface area contributed by atoms with Crippen molar-refractivity contribution in [1.29, 1.82) is 0 Å². The van der Waals surface area contributed by atoms with Gasteiger partial charge in [0.25, 0.3) is 0 Å². The monoisotopic (exact) mass is 290 g/mol. The number of aromatic hydroxyl groups is 1. The van der Waals surface area contributed by atoms with Crippen molar-refractivity contribution >= 4 is 22.6 Å². The van der Waals surface area contributed by atoms with Crippen molar-refractivity contribution in [1.82, 2.24) is 4.57 Å². The Balaban J connectivity index is 2.43. The third-order valence-corrected chi connectivity index (χ3v) is 4.18. The van der Waals surface area contributed by atoms with Gasteiger partial charge in [-0.25, -0.2) is 4.79 Å². The molecule has 0 amide bonds. The summed E-state index contributed by atoms with van der Waals surface area (Å²) in [7, 11) is 5.01. The zero-order valence-corrected chi connectivity index (χ0v) is 12.3. The number of likely N-dealkylation sites (N-methyl/N-ethyl adjacent to an activating group) is 1. The lowest BCUT2D eigenvalue weighted by Crippen LogP contribution is -2.16. The molecule has 0 bridgehead atoms. The van der Waals surface area contributed by atoms with Crippen LogP contribution in [0.15, 0.2) is 12.3 Å². The molecular formula is C15H18N2O4. The summed E-state index contributed by atoms with van der Waals surface area (Å²) in [5.41, 5.74) is 2.74. The molecule has 2 N–H and O–H groups in total. The van der Waals surface area contributed by atoms with Crippen molar-refractivity contribution in [2.24, 2.45) is 7.05 Å². The Morgan fingerprint density at radius 1 is 1.48 bits per heavy atom. The number of aromatic nitrogens is 1. The van der Waals surface area contributed by atoms with Crippen LogP contribution in [0.1, 0.15) is 21.8 Å². The van der Waals surface area contributed by atoms with Crippen LogP contribution in [0, 0.1) is 0 Å². The zero-order chi connectivity index (χ0) is 15.3. The number of anilines is 1. The third-order valence-electron chi connectivity index (χ3n) is 4.18. The summed E-state index contributed by atoms with van der Waals surface area (Å²) >= 11 is 0. The van der Waals surface area contributed by atoms with E-state index in [1.165, 1.54) is 7.11 Å². The molecular weight excluding hydrogens is 272 g/mol. The summed E-state index contributed by atoms with van der Waals surface area (Å²) in [6, 6.07) is 1.69. The maximum atomic E-state index is 12.0. The number of ether oxygens (including phenoxy) is 1. The van der Waals surface area contributed by atoms with Crippen LogP contribution in [0.25, 0.3) is 10.9 Å². The van der Waals surface area contributed by atoms with E-state index in [0.29, 0.717) is 23.0 Å². The molecule has 1 aromatic heterocycles. The summed E-state index contributed by atoms with van der Waals surface area (Å²) in [4.78, 5) is 14.0. The van der Waals surface area contributed by atoms with Crippen molar-refractivity contribution in [2.75, 3.05) is 32.2 Å². The second-order valence-corrected chi connectivity index (χ2v) is 5.46. The topological polar surface area (TPSA) is 74.9 Å². The molecule has 0 saturated heterocycles. The average molecular weight is 290 g/mol. The molecule has 2 aromatic rings. The van der Waals surface area contributed by atoms with Crippen LogP contribution in [0.4, 0.5) is 5.69 Å². The van der Waals surface area contributed by atoms with E-state index in [-0.39, 0.29) is 18.3 Å². The van der Waals surface area contributed by atoms with Gasteiger partial charge in [-0.15, -0.1) is 0 Å². The predicted molar refractivity (Wildman–Crippen MR) is 79.0 cm³/mol. The Hall–Kier alpha value is -2.21. The lowest BCUT2D eigenvalue weighted by atomic mass is 9.95. The van der Waals surface area contributed by atoms with E-state index in [9.17, 15) is 15.0 Å². The highest BCUT2D eigenvalue weighted by molar-refractivity contribution is 6.09. The Kier molecular flexibility index (Phi) is 3.06. The number of carbonyl (C=O) groups is 1. The lowest BCUT2D eigenvalue weighted by molar-refractivity contribution is 0.0602. The summed E-state index contributed by atoms with van der Waals surface area (Å²) in [6.07, 6.45) is 1.66. The number of carbonyl (C=O) groups excluding carboxylic acids is 1. The van der Waals surface area contributed by atoms with Crippen molar-refractivity contribution < 1.29 is 19.7 Å². The second-order valence-electron chi connectivity index (χ2n) is 5.46. The maximum absolute atomic E-state index is 12.0. The van der Waals surface area contributed by atoms with E-state index in [1.54, 1.807) is 23.9 Å². The van der Waals surface area contributed by atoms with Gasteiger partial charge in [0.1, 0.15) is 5.75 Å². The molecule has 6 heteroatoms. The van der Waals surface area contributed by atoms with E-state index < -0.39 is 5.97 Å². The fourth-order valence-electron chi connectivity index (χ4n) is 3.27. The summed E-state index contributed by atoms with van der Waals surface area (Å²) in [5, 5.41) is 20.6. The molecule has 0 aliphatic carbocycles. The number of aliphatic hydroxyl groups excluding tert-OH is 1. The number of aryl methyl sites for hydroxylation is 1. The highest BCUT2D eigenvalue weighted by atomic mass is 16.5. The number of esters is 1. The molecule has 0 radical (unpaired) electrons. The number of methoxy groups -OCH3 is 1. The fraction of sp³-hybridized carbons (Fsp3) is 0.400. The smallest absolute Gasteiger partial charge is 0.340 e. The summed E-state index contributed by atoms with van der Waals surface area (Å²) < 4.78 is 6.56. The number of rotatable bonds is 2. The maximum Gasteiger partial charge on any atom is 0.340 e. The normalized spacial score (nSPS) is 17.3. The molecule has 1 unspecified atom stereocenters. The van der Waals surface area contributed by atoms with Gasteiger partial charge in [-0.05, 0) is 5.56 Å². The molecule has 2 heterocycles. The summed E-state index contributed by atoms with van der Waals surface area (Å²) in [5.74, 6) is -0.412. The van der Waals surface area contributed by atoms with Crippen LogP contribution in [0.5, 0.6) is 5.75 Å². The van der Waals surface area contributed by atoms with Crippen molar-refractivity contribution in [3.8, 4) is 5.75 Å². The zero-order valence-electron chi connectivity index (χ0n) is 12.3. The van der Waals surface area contributed by atoms with Gasteiger partial charge in [-0.3, -0.25) is 0 Å². The Morgan fingerprint density at radius 3 is 2.81 bits per heavy atom. The van der Waals surface area contributed by atoms with Gasteiger partial charge >= 0.3 is 5.97 Å². The highest BCUT2D eigenvalue weighted by Crippen LogP contribution is 2.45. The number of hydrogen-bond acceptors (Lipinski definition) is 5. The number of hydrogen-bond donors (Lipinski definition) is 2. The molecule has 112 valence electrons. The van der Waals surface area contributed by atoms with Gasteiger partial charge in [0, 0.05) is 49.9 Å². The molecule has 1 aromatic carbocycles. The molecule has 1 atom stereocenters. The molecule has 0 saturated carbocycles. The standard InChI is InChI=1S/C15H18N2O4/c1-16-5-8(7-18)12-10(16)4-11(19)14-13(12)9(6-17(14)2)15(20)21-3/h4,6,8,18-19H,5,7H2,1-3H3. The van der Waals surface area contributed by atoms with Gasteiger partial charge in [0.2, 0.25) is 0 Å². The molecule has 0 spiro atoms. The molecule has 3 rings (SSSR count). The Morgan fingerprint density at radius 2 is 2.19 bits per heavy atom. The molecule has 1 aliphatic heterocycles. The van der Waals surface area contributed by atoms with E-state index in [0.717, 1.165) is 11.3 Å². The van der Waals surface area contributed by atoms with Gasteiger partial charge in [-0.2, -0.15) is 0 Å². The van der Waals surface area contributed by atoms with Crippen LogP contribution in [-0.2, 0) is 11.8 Å². The van der Waals surface area contributed by atoms with Crippen LogP contribution in [0.3, 0.4) is 0 Å². The molecule has 21 heavy (non-hydrogen) atoms. The van der Waals surface area contributed by atoms with E-state index in [2.05, 4.69) is 0 Å². The number of phenolic OH excluding ortho intramolecular Hbond substituents is 1. The first-order valence-electron chi connectivity index (χ1n) is 6.74. The summed E-state index contributed by atoms with van der Waals surface area (Å²) in [6.45, 7) is 0.645. The number of nitrogens with zero attached hydrogens (tertiary/aromatic N) is 2. The minimum absolute atomic E-state index is 0.00722. The molecule has 6 nitrogen and oxygen atoms in total. The molecule has 0 fully saturated rings. The minimum Gasteiger partial charge on any atom is -0.506 e. The first-order valence-corrected chi connectivity index (χ1v) is 6.74. The number of benzene rings is 1. The first-order chi connectivity index (χ1) is 9.99. The van der Waals surface area contributed by atoms with Gasteiger partial charge in [0.05, 0.1) is 24.8 Å². The number of aliphatic hydroxyl groups is 1. The van der Waals surface area contributed by atoms with Crippen LogP contribution in [-0.4, -0.2) is 48.1 Å². The van der Waals surface area contributed by atoms with Crippen LogP contribution >= 0.6 is 0 Å². The van der Waals surface area contributed by atoms with Gasteiger partial charge in [-0.1, -0.05) is 0 Å². The van der Waals surface area contributed by atoms with E-state index in [4.69, 9.17) is 4.74 Å². The van der Waals surface area contributed by atoms with Crippen molar-refractivity contribution in [2.45, 2.75) is 5.92 Å².